The number of fused-ring (bicyclic) bond motifs is 1. The molecule has 0 aliphatic carbocycles. The Morgan fingerprint density at radius 3 is 2.52 bits per heavy atom. The van der Waals surface area contributed by atoms with Crippen LogP contribution in [0.2, 0.25) is 5.02 Å². The third-order valence-corrected chi connectivity index (χ3v) is 5.54. The Kier molecular flexibility index (Phi) is 4.88. The van der Waals surface area contributed by atoms with Crippen molar-refractivity contribution in [3.63, 3.8) is 0 Å². The second kappa shape index (κ2) is 7.47. The first-order valence-electron chi connectivity index (χ1n) is 8.24. The summed E-state index contributed by atoms with van der Waals surface area (Å²) in [7, 11) is 1.38. The predicted octanol–water partition coefficient (Wildman–Crippen LogP) is 5.82. The largest absolute Gasteiger partial charge is 0.465 e. The number of nitrogens with zero attached hydrogens (tertiary/aromatic N) is 1. The molecule has 0 bridgehead atoms. The zero-order valence-electron chi connectivity index (χ0n) is 14.4. The lowest BCUT2D eigenvalue weighted by molar-refractivity contribution is 0.0601. The molecule has 0 unspecified atom stereocenters. The van der Waals surface area contributed by atoms with Crippen LogP contribution < -0.4 is 0 Å². The van der Waals surface area contributed by atoms with Crippen LogP contribution in [-0.4, -0.2) is 23.0 Å². The van der Waals surface area contributed by atoms with Crippen molar-refractivity contribution in [3.05, 3.63) is 77.4 Å². The zero-order valence-corrected chi connectivity index (χ0v) is 16.0. The Bertz CT molecular complexity index is 1110. The van der Waals surface area contributed by atoms with Gasteiger partial charge in [0.15, 0.2) is 0 Å². The summed E-state index contributed by atoms with van der Waals surface area (Å²) in [4.78, 5) is 21.7. The number of pyridine rings is 1. The first-order chi connectivity index (χ1) is 13.2. The van der Waals surface area contributed by atoms with E-state index < -0.39 is 0 Å². The van der Waals surface area contributed by atoms with E-state index in [0.717, 1.165) is 32.1 Å². The lowest BCUT2D eigenvalue weighted by Crippen LogP contribution is -2.00. The van der Waals surface area contributed by atoms with Crippen molar-refractivity contribution < 1.29 is 9.53 Å². The number of carbonyl (C=O) groups is 1. The Hall–Kier alpha value is -2.76. The molecule has 4 nitrogen and oxygen atoms in total. The molecule has 0 aliphatic heterocycles. The predicted molar refractivity (Wildman–Crippen MR) is 108 cm³/mol. The number of methoxy groups -OCH3 is 1. The number of rotatable bonds is 4. The summed E-state index contributed by atoms with van der Waals surface area (Å²) in [6.45, 7) is 0. The topological polar surface area (TPSA) is 55.0 Å². The quantitative estimate of drug-likeness (QED) is 0.443. The van der Waals surface area contributed by atoms with Crippen LogP contribution >= 0.6 is 23.4 Å². The average molecular weight is 395 g/mol. The number of hydrogen-bond donors (Lipinski definition) is 1. The summed E-state index contributed by atoms with van der Waals surface area (Å²) in [5.41, 5.74) is 3.26. The molecule has 134 valence electrons. The number of halogens is 1. The number of ether oxygens (including phenoxy) is 1. The Labute approximate surface area is 165 Å². The van der Waals surface area contributed by atoms with Crippen LogP contribution in [0, 0.1) is 0 Å². The number of aromatic amines is 1. The van der Waals surface area contributed by atoms with E-state index in [9.17, 15) is 4.79 Å². The molecule has 2 aromatic heterocycles. The summed E-state index contributed by atoms with van der Waals surface area (Å²) in [5.74, 6) is -0.351. The number of hydrogen-bond acceptors (Lipinski definition) is 4. The maximum Gasteiger partial charge on any atom is 0.337 e. The number of esters is 1. The smallest absolute Gasteiger partial charge is 0.337 e. The molecule has 0 saturated heterocycles. The monoisotopic (exact) mass is 394 g/mol. The van der Waals surface area contributed by atoms with Crippen LogP contribution in [0.3, 0.4) is 0 Å². The van der Waals surface area contributed by atoms with Gasteiger partial charge in [-0.3, -0.25) is 0 Å². The maximum absolute atomic E-state index is 11.7. The Morgan fingerprint density at radius 1 is 1.07 bits per heavy atom. The molecule has 0 radical (unpaired) electrons. The summed E-state index contributed by atoms with van der Waals surface area (Å²) in [6.07, 6.45) is 1.76. The normalized spacial score (nSPS) is 10.9. The molecule has 0 amide bonds. The van der Waals surface area contributed by atoms with Gasteiger partial charge in [0.1, 0.15) is 5.65 Å². The maximum atomic E-state index is 11.7. The number of H-pyrrole nitrogens is 1. The van der Waals surface area contributed by atoms with Crippen LogP contribution in [-0.2, 0) is 4.74 Å². The van der Waals surface area contributed by atoms with Crippen molar-refractivity contribution >= 4 is 40.4 Å². The third kappa shape index (κ3) is 3.56. The fourth-order valence-electron chi connectivity index (χ4n) is 2.82. The SMILES string of the molecule is COC(=O)c1ccc(-c2[nH]c3ncccc3c2Sc2ccc(Cl)cc2)cc1. The van der Waals surface area contributed by atoms with Crippen LogP contribution in [0.15, 0.2) is 76.7 Å². The summed E-state index contributed by atoms with van der Waals surface area (Å²) in [5, 5.41) is 1.75. The standard InChI is InChI=1S/C21H15ClN2O2S/c1-26-21(25)14-6-4-13(5-7-14)18-19(17-3-2-12-23-20(17)24-18)27-16-10-8-15(22)9-11-16/h2-12H,1H3,(H,23,24). The van der Waals surface area contributed by atoms with Gasteiger partial charge in [-0.25, -0.2) is 9.78 Å². The van der Waals surface area contributed by atoms with Gasteiger partial charge in [0.05, 0.1) is 18.4 Å². The van der Waals surface area contributed by atoms with E-state index in [1.807, 2.05) is 48.5 Å². The van der Waals surface area contributed by atoms with E-state index in [1.165, 1.54) is 7.11 Å². The Morgan fingerprint density at radius 2 is 1.81 bits per heavy atom. The van der Waals surface area contributed by atoms with Gasteiger partial charge in [0.2, 0.25) is 0 Å². The minimum Gasteiger partial charge on any atom is -0.465 e. The van der Waals surface area contributed by atoms with Crippen molar-refractivity contribution in [2.75, 3.05) is 7.11 Å². The van der Waals surface area contributed by atoms with Gasteiger partial charge < -0.3 is 9.72 Å². The van der Waals surface area contributed by atoms with E-state index in [1.54, 1.807) is 30.1 Å². The lowest BCUT2D eigenvalue weighted by Gasteiger charge is -2.06. The van der Waals surface area contributed by atoms with E-state index in [-0.39, 0.29) is 5.97 Å². The highest BCUT2D eigenvalue weighted by Gasteiger charge is 2.16. The van der Waals surface area contributed by atoms with E-state index in [4.69, 9.17) is 16.3 Å². The highest BCUT2D eigenvalue weighted by atomic mass is 35.5. The molecule has 4 rings (SSSR count). The number of nitrogens with one attached hydrogen (secondary N) is 1. The molecule has 0 aliphatic rings. The fourth-order valence-corrected chi connectivity index (χ4v) is 4.00. The molecule has 4 aromatic rings. The van der Waals surface area contributed by atoms with Gasteiger partial charge in [-0.2, -0.15) is 0 Å². The van der Waals surface area contributed by atoms with E-state index >= 15 is 0 Å². The van der Waals surface area contributed by atoms with Gasteiger partial charge in [-0.15, -0.1) is 0 Å². The minimum atomic E-state index is -0.351. The average Bonchev–Trinajstić information content (AvgIpc) is 3.08. The molecule has 27 heavy (non-hydrogen) atoms. The van der Waals surface area contributed by atoms with Crippen LogP contribution in [0.1, 0.15) is 10.4 Å². The fraction of sp³-hybridized carbons (Fsp3) is 0.0476. The van der Waals surface area contributed by atoms with E-state index in [0.29, 0.717) is 10.6 Å². The molecule has 1 N–H and O–H groups in total. The summed E-state index contributed by atoms with van der Waals surface area (Å²) >= 11 is 7.65. The molecule has 2 aromatic carbocycles. The second-order valence-corrected chi connectivity index (χ2v) is 7.37. The van der Waals surface area contributed by atoms with Crippen molar-refractivity contribution in [2.45, 2.75) is 9.79 Å². The van der Waals surface area contributed by atoms with Crippen LogP contribution in [0.25, 0.3) is 22.3 Å². The van der Waals surface area contributed by atoms with Crippen molar-refractivity contribution in [1.82, 2.24) is 9.97 Å². The molecule has 0 fully saturated rings. The van der Waals surface area contributed by atoms with E-state index in [2.05, 4.69) is 9.97 Å². The highest BCUT2D eigenvalue weighted by molar-refractivity contribution is 7.99. The molecular weight excluding hydrogens is 380 g/mol. The van der Waals surface area contributed by atoms with Gasteiger partial charge >= 0.3 is 5.97 Å². The van der Waals surface area contributed by atoms with Crippen molar-refractivity contribution in [1.29, 1.82) is 0 Å². The Balaban J connectivity index is 1.80. The summed E-state index contributed by atoms with van der Waals surface area (Å²) < 4.78 is 4.77. The number of aromatic nitrogens is 2. The first-order valence-corrected chi connectivity index (χ1v) is 9.44. The van der Waals surface area contributed by atoms with Gasteiger partial charge in [-0.05, 0) is 54.1 Å². The van der Waals surface area contributed by atoms with Gasteiger partial charge in [0.25, 0.3) is 0 Å². The molecule has 0 atom stereocenters. The van der Waals surface area contributed by atoms with Crippen molar-refractivity contribution in [3.8, 4) is 11.3 Å². The van der Waals surface area contributed by atoms with Gasteiger partial charge in [-0.1, -0.05) is 35.5 Å². The number of carbonyl (C=O) groups excluding carboxylic acids is 1. The third-order valence-electron chi connectivity index (χ3n) is 4.15. The van der Waals surface area contributed by atoms with Crippen LogP contribution in [0.4, 0.5) is 0 Å². The second-order valence-electron chi connectivity index (χ2n) is 5.85. The highest BCUT2D eigenvalue weighted by Crippen LogP contribution is 2.40. The minimum absolute atomic E-state index is 0.351. The molecular formula is C21H15ClN2O2S. The van der Waals surface area contributed by atoms with Crippen LogP contribution in [0.5, 0.6) is 0 Å². The zero-order chi connectivity index (χ0) is 18.8. The first kappa shape index (κ1) is 17.6. The summed E-state index contributed by atoms with van der Waals surface area (Å²) in [6, 6.07) is 19.0. The molecule has 6 heteroatoms. The lowest BCUT2D eigenvalue weighted by atomic mass is 10.1. The van der Waals surface area contributed by atoms with Crippen molar-refractivity contribution in [2.24, 2.45) is 0 Å². The van der Waals surface area contributed by atoms with Gasteiger partial charge in [0, 0.05) is 26.4 Å². The molecule has 0 spiro atoms. The number of benzene rings is 2. The molecule has 0 saturated carbocycles. The molecule has 2 heterocycles.